The smallest absolute Gasteiger partial charge is 0.283 e. The monoisotopic (exact) mass is 517 g/mol. The Labute approximate surface area is 196 Å². The lowest BCUT2D eigenvalue weighted by molar-refractivity contribution is -0.385. The third-order valence-electron chi connectivity index (χ3n) is 3.62. The number of nitro groups is 1. The summed E-state index contributed by atoms with van der Waals surface area (Å²) in [5.74, 6) is 0. The number of thioether (sulfide) groups is 1. The quantitative estimate of drug-likeness (QED) is 0.135. The molecule has 0 aliphatic rings. The average Bonchev–Trinajstić information content (AvgIpc) is 3.11. The average molecular weight is 518 g/mol. The summed E-state index contributed by atoms with van der Waals surface area (Å²) in [7, 11) is 0. The molecule has 4 rings (SSSR count). The Kier molecular flexibility index (Phi) is 9.64. The zero-order valence-electron chi connectivity index (χ0n) is 16.8. The van der Waals surface area contributed by atoms with Crippen LogP contribution in [-0.4, -0.2) is 15.0 Å². The van der Waals surface area contributed by atoms with Crippen molar-refractivity contribution < 1.29 is 9.72 Å². The summed E-state index contributed by atoms with van der Waals surface area (Å²) in [6, 6.07) is 22.0. The van der Waals surface area contributed by atoms with E-state index < -0.39 is 4.92 Å². The number of halogens is 1. The first kappa shape index (κ1) is 24.5. The van der Waals surface area contributed by atoms with Crippen molar-refractivity contribution >= 4 is 65.7 Å². The highest BCUT2D eigenvalue weighted by Crippen LogP contribution is 2.24. The van der Waals surface area contributed by atoms with Gasteiger partial charge >= 0.3 is 0 Å². The molecule has 0 atom stereocenters. The summed E-state index contributed by atoms with van der Waals surface area (Å²) in [6.45, 7) is 3.56. The van der Waals surface area contributed by atoms with Crippen LogP contribution in [0, 0.1) is 17.0 Å². The van der Waals surface area contributed by atoms with E-state index in [0.29, 0.717) is 10.2 Å². The van der Waals surface area contributed by atoms with Gasteiger partial charge in [0.05, 0.1) is 24.6 Å². The molecule has 0 amide bonds. The second-order valence-corrected chi connectivity index (χ2v) is 9.35. The molecule has 0 unspecified atom stereocenters. The number of hydrogen-bond acceptors (Lipinski definition) is 7. The van der Waals surface area contributed by atoms with E-state index in [1.807, 2.05) is 43.3 Å². The maximum absolute atomic E-state index is 10.7. The fraction of sp³-hybridized carbons (Fsp3) is 0.0909. The molecule has 0 saturated heterocycles. The van der Waals surface area contributed by atoms with Crippen LogP contribution in [0.1, 0.15) is 11.9 Å². The van der Waals surface area contributed by atoms with Crippen molar-refractivity contribution in [3.05, 3.63) is 92.4 Å². The Morgan fingerprint density at radius 1 is 1.06 bits per heavy atom. The largest absolute Gasteiger partial charge is 0.398 e. The minimum atomic E-state index is -0.427. The van der Waals surface area contributed by atoms with Gasteiger partial charge in [-0.3, -0.25) is 14.9 Å². The molecule has 0 fully saturated rings. The van der Waals surface area contributed by atoms with E-state index in [-0.39, 0.29) is 10.8 Å². The number of nitrogens with zero attached hydrogens (tertiary/aromatic N) is 2. The van der Waals surface area contributed by atoms with Gasteiger partial charge in [-0.25, -0.2) is 4.98 Å². The minimum absolute atomic E-state index is 0.0582. The van der Waals surface area contributed by atoms with E-state index in [4.69, 9.17) is 5.73 Å². The van der Waals surface area contributed by atoms with E-state index in [2.05, 4.69) is 27.0 Å². The summed E-state index contributed by atoms with van der Waals surface area (Å²) in [5.41, 5.74) is 7.47. The van der Waals surface area contributed by atoms with Crippen molar-refractivity contribution in [1.82, 2.24) is 4.98 Å². The van der Waals surface area contributed by atoms with Crippen LogP contribution in [0.3, 0.4) is 0 Å². The molecule has 160 valence electrons. The van der Waals surface area contributed by atoms with Gasteiger partial charge in [0.15, 0.2) is 5.12 Å². The van der Waals surface area contributed by atoms with Gasteiger partial charge in [0.2, 0.25) is 0 Å². The predicted octanol–water partition coefficient (Wildman–Crippen LogP) is 6.87. The van der Waals surface area contributed by atoms with Crippen molar-refractivity contribution in [1.29, 1.82) is 0 Å². The van der Waals surface area contributed by atoms with E-state index in [9.17, 15) is 14.9 Å². The second kappa shape index (κ2) is 12.2. The van der Waals surface area contributed by atoms with E-state index in [1.165, 1.54) is 17.7 Å². The molecule has 2 N–H and O–H groups in total. The van der Waals surface area contributed by atoms with Crippen molar-refractivity contribution in [2.24, 2.45) is 0 Å². The number of rotatable bonds is 2. The number of carbonyl (C=O) groups excluding carboxylic acids is 1. The number of thiazole rings is 1. The molecule has 0 bridgehead atoms. The van der Waals surface area contributed by atoms with Crippen LogP contribution >= 0.6 is 39.0 Å². The molecule has 1 aromatic heterocycles. The van der Waals surface area contributed by atoms with Crippen LogP contribution in [0.2, 0.25) is 0 Å². The summed E-state index contributed by atoms with van der Waals surface area (Å²) in [5, 5.41) is 11.4. The topological polar surface area (TPSA) is 99.1 Å². The Bertz CT molecular complexity index is 1150. The van der Waals surface area contributed by atoms with E-state index >= 15 is 0 Å². The molecule has 6 nitrogen and oxygen atoms in total. The van der Waals surface area contributed by atoms with Gasteiger partial charge < -0.3 is 5.73 Å². The number of nitrogens with two attached hydrogens (primary N) is 1. The van der Waals surface area contributed by atoms with Crippen molar-refractivity contribution in [2.45, 2.75) is 18.7 Å². The minimum Gasteiger partial charge on any atom is -0.398 e. The third-order valence-corrected chi connectivity index (χ3v) is 6.12. The first-order valence-electron chi connectivity index (χ1n) is 9.02. The second-order valence-electron chi connectivity index (χ2n) is 6.04. The first-order valence-corrected chi connectivity index (χ1v) is 11.4. The molecular formula is C22H20BrN3O3S2. The van der Waals surface area contributed by atoms with Crippen molar-refractivity contribution in [3.63, 3.8) is 0 Å². The Morgan fingerprint density at radius 3 is 2.26 bits per heavy atom. The maximum atomic E-state index is 10.7. The Balaban J connectivity index is 0.000000165. The molecule has 3 aromatic carbocycles. The lowest BCUT2D eigenvalue weighted by Crippen LogP contribution is -1.89. The predicted molar refractivity (Wildman–Crippen MR) is 133 cm³/mol. The highest BCUT2D eigenvalue weighted by Gasteiger charge is 2.07. The number of carbonyl (C=O) groups is 1. The van der Waals surface area contributed by atoms with E-state index in [1.54, 1.807) is 35.6 Å². The molecule has 0 saturated carbocycles. The van der Waals surface area contributed by atoms with Crippen LogP contribution in [0.5, 0.6) is 0 Å². The highest BCUT2D eigenvalue weighted by atomic mass is 79.9. The fourth-order valence-electron chi connectivity index (χ4n) is 2.32. The summed E-state index contributed by atoms with van der Waals surface area (Å²) in [6.07, 6.45) is 0. The SMILES string of the molecule is CC(=O)Sc1ccccc1N.Cc1nc2ccccc2s1.O=[N+]([O-])c1ccccc1Br. The Morgan fingerprint density at radius 2 is 1.68 bits per heavy atom. The summed E-state index contributed by atoms with van der Waals surface area (Å²) < 4.78 is 1.79. The number of anilines is 1. The molecule has 31 heavy (non-hydrogen) atoms. The number of nitrogen functional groups attached to an aromatic ring is 1. The van der Waals surface area contributed by atoms with Crippen LogP contribution in [0.15, 0.2) is 82.2 Å². The van der Waals surface area contributed by atoms with Gasteiger partial charge in [-0.05, 0) is 53.2 Å². The van der Waals surface area contributed by atoms with Crippen LogP contribution in [0.4, 0.5) is 11.4 Å². The summed E-state index contributed by atoms with van der Waals surface area (Å²) >= 11 is 5.96. The zero-order chi connectivity index (χ0) is 22.8. The van der Waals surface area contributed by atoms with Crippen molar-refractivity contribution in [2.75, 3.05) is 5.73 Å². The summed E-state index contributed by atoms with van der Waals surface area (Å²) in [4.78, 5) is 25.6. The molecule has 9 heteroatoms. The number of para-hydroxylation sites is 3. The van der Waals surface area contributed by atoms with Gasteiger partial charge in [0, 0.05) is 23.6 Å². The normalized spacial score (nSPS) is 9.77. The number of aryl methyl sites for hydroxylation is 1. The number of nitro benzene ring substituents is 1. The van der Waals surface area contributed by atoms with Gasteiger partial charge in [0.1, 0.15) is 0 Å². The molecule has 1 heterocycles. The standard InChI is InChI=1S/C8H9NOS.C8H7NS.C6H4BrNO2/c1-6(10)11-8-5-3-2-4-7(8)9;1-6-9-7-4-2-3-5-8(7)10-6;7-5-3-1-2-4-6(5)8(9)10/h2-5H,9H2,1H3;2-5H,1H3;1-4H. The Hall–Kier alpha value is -2.75. The third kappa shape index (κ3) is 8.12. The molecule has 0 radical (unpaired) electrons. The van der Waals surface area contributed by atoms with Gasteiger partial charge in [-0.1, -0.05) is 48.2 Å². The fourth-order valence-corrected chi connectivity index (χ4v) is 4.21. The lowest BCUT2D eigenvalue weighted by atomic mass is 10.3. The lowest BCUT2D eigenvalue weighted by Gasteiger charge is -1.99. The van der Waals surface area contributed by atoms with Crippen molar-refractivity contribution in [3.8, 4) is 0 Å². The number of aromatic nitrogens is 1. The van der Waals surface area contributed by atoms with Crippen LogP contribution in [-0.2, 0) is 4.79 Å². The molecule has 0 spiro atoms. The first-order chi connectivity index (χ1) is 14.8. The molecule has 0 aliphatic heterocycles. The van der Waals surface area contributed by atoms with Gasteiger partial charge in [-0.15, -0.1) is 11.3 Å². The molecular weight excluding hydrogens is 498 g/mol. The number of benzene rings is 3. The van der Waals surface area contributed by atoms with E-state index in [0.717, 1.165) is 27.2 Å². The number of hydrogen-bond donors (Lipinski definition) is 1. The zero-order valence-corrected chi connectivity index (χ0v) is 20.0. The van der Waals surface area contributed by atoms with Crippen LogP contribution in [0.25, 0.3) is 10.2 Å². The van der Waals surface area contributed by atoms with Crippen LogP contribution < -0.4 is 5.73 Å². The van der Waals surface area contributed by atoms with Gasteiger partial charge in [0.25, 0.3) is 5.69 Å². The number of fused-ring (bicyclic) bond motifs is 1. The molecule has 0 aliphatic carbocycles. The maximum Gasteiger partial charge on any atom is 0.283 e. The van der Waals surface area contributed by atoms with Gasteiger partial charge in [-0.2, -0.15) is 0 Å². The molecule has 4 aromatic rings. The highest BCUT2D eigenvalue weighted by molar-refractivity contribution is 9.10.